The maximum absolute atomic E-state index is 13.7. The Morgan fingerprint density at radius 2 is 2.00 bits per heavy atom. The van der Waals surface area contributed by atoms with Crippen molar-refractivity contribution in [3.05, 3.63) is 35.5 Å². The summed E-state index contributed by atoms with van der Waals surface area (Å²) in [6.07, 6.45) is -3.87. The van der Waals surface area contributed by atoms with Gasteiger partial charge in [0.15, 0.2) is 5.69 Å². The molecular weight excluding hydrogens is 397 g/mol. The fraction of sp³-hybridized carbons (Fsp3) is 0.400. The van der Waals surface area contributed by atoms with Crippen molar-refractivity contribution in [1.29, 1.82) is 5.26 Å². The van der Waals surface area contributed by atoms with Crippen LogP contribution < -0.4 is 25.6 Å². The fourth-order valence-electron chi connectivity index (χ4n) is 3.59. The van der Waals surface area contributed by atoms with Gasteiger partial charge in [-0.2, -0.15) is 18.4 Å². The number of rotatable bonds is 5. The molecule has 0 unspecified atom stereocenters. The van der Waals surface area contributed by atoms with Crippen LogP contribution in [0.2, 0.25) is 0 Å². The number of hydrogen-bond acceptors (Lipinski definition) is 7. The number of benzene rings is 1. The van der Waals surface area contributed by atoms with E-state index in [4.69, 9.17) is 4.74 Å². The summed E-state index contributed by atoms with van der Waals surface area (Å²) < 4.78 is 46.6. The van der Waals surface area contributed by atoms with E-state index in [2.05, 4.69) is 15.8 Å². The number of hydrazine groups is 2. The molecule has 2 N–H and O–H groups in total. The third-order valence-electron chi connectivity index (χ3n) is 5.31. The molecule has 2 aliphatic rings. The molecule has 10 heteroatoms. The van der Waals surface area contributed by atoms with Gasteiger partial charge in [0, 0.05) is 19.7 Å². The first kappa shape index (κ1) is 20.3. The highest BCUT2D eigenvalue weighted by molar-refractivity contribution is 5.82. The van der Waals surface area contributed by atoms with Gasteiger partial charge in [0.2, 0.25) is 0 Å². The summed E-state index contributed by atoms with van der Waals surface area (Å²) in [6.45, 7) is 1.98. The Morgan fingerprint density at radius 1 is 1.23 bits per heavy atom. The van der Waals surface area contributed by atoms with E-state index in [0.29, 0.717) is 23.7 Å². The van der Waals surface area contributed by atoms with Crippen LogP contribution >= 0.6 is 0 Å². The van der Waals surface area contributed by atoms with Gasteiger partial charge in [0.25, 0.3) is 0 Å². The number of nitrogens with one attached hydrogen (secondary N) is 2. The van der Waals surface area contributed by atoms with E-state index in [9.17, 15) is 18.4 Å². The Hall–Kier alpha value is -3.03. The number of nitrogens with zero attached hydrogens (tertiary/aromatic N) is 4. The first-order valence-electron chi connectivity index (χ1n) is 9.52. The summed E-state index contributed by atoms with van der Waals surface area (Å²) in [4.78, 5) is 4.29. The lowest BCUT2D eigenvalue weighted by Gasteiger charge is -2.27. The molecular formula is C20H21F3N6O. The largest absolute Gasteiger partial charge is 0.493 e. The van der Waals surface area contributed by atoms with Crippen LogP contribution in [0.3, 0.4) is 0 Å². The minimum atomic E-state index is -4.57. The van der Waals surface area contributed by atoms with Crippen LogP contribution in [0.25, 0.3) is 11.3 Å². The van der Waals surface area contributed by atoms with Crippen molar-refractivity contribution >= 4 is 11.4 Å². The zero-order valence-electron chi connectivity index (χ0n) is 16.5. The second kappa shape index (κ2) is 7.66. The fourth-order valence-corrected chi connectivity index (χ4v) is 3.59. The molecule has 1 fully saturated rings. The molecule has 158 valence electrons. The molecule has 0 atom stereocenters. The lowest BCUT2D eigenvalue weighted by molar-refractivity contribution is -0.138. The van der Waals surface area contributed by atoms with E-state index in [0.717, 1.165) is 19.2 Å². The van der Waals surface area contributed by atoms with Crippen molar-refractivity contribution in [2.24, 2.45) is 5.92 Å². The zero-order chi connectivity index (χ0) is 21.5. The second-order valence-electron chi connectivity index (χ2n) is 7.42. The number of pyridine rings is 1. The molecule has 4 rings (SSSR count). The Labute approximate surface area is 172 Å². The van der Waals surface area contributed by atoms with Crippen LogP contribution in [-0.2, 0) is 6.18 Å². The molecule has 2 aromatic rings. The van der Waals surface area contributed by atoms with Crippen molar-refractivity contribution in [1.82, 2.24) is 15.8 Å². The van der Waals surface area contributed by atoms with Crippen molar-refractivity contribution in [2.75, 3.05) is 43.8 Å². The summed E-state index contributed by atoms with van der Waals surface area (Å²) in [7, 11) is 3.49. The SMILES string of the molecule is CN1NN(C)c2c1cc(-c1ccc(OCCC3CNC3)c(C(F)(F)F)c1)nc2C#N. The predicted octanol–water partition coefficient (Wildman–Crippen LogP) is 2.93. The molecule has 1 aromatic carbocycles. The molecule has 2 aliphatic heterocycles. The number of hydrogen-bond donors (Lipinski definition) is 2. The van der Waals surface area contributed by atoms with Crippen molar-refractivity contribution < 1.29 is 17.9 Å². The van der Waals surface area contributed by atoms with Gasteiger partial charge in [-0.05, 0) is 49.7 Å². The van der Waals surface area contributed by atoms with E-state index in [-0.39, 0.29) is 29.3 Å². The Balaban J connectivity index is 1.68. The smallest absolute Gasteiger partial charge is 0.419 e. The third-order valence-corrected chi connectivity index (χ3v) is 5.31. The van der Waals surface area contributed by atoms with Gasteiger partial charge in [-0.25, -0.2) is 4.98 Å². The van der Waals surface area contributed by atoms with Crippen LogP contribution in [-0.4, -0.2) is 38.8 Å². The number of ether oxygens (including phenoxy) is 1. The molecule has 30 heavy (non-hydrogen) atoms. The van der Waals surface area contributed by atoms with Gasteiger partial charge < -0.3 is 10.1 Å². The Bertz CT molecular complexity index is 999. The normalized spacial score (nSPS) is 16.3. The van der Waals surface area contributed by atoms with Gasteiger partial charge in [-0.3, -0.25) is 10.0 Å². The Morgan fingerprint density at radius 3 is 2.63 bits per heavy atom. The van der Waals surface area contributed by atoms with Gasteiger partial charge >= 0.3 is 6.18 Å². The molecule has 0 bridgehead atoms. The summed E-state index contributed by atoms with van der Waals surface area (Å²) in [5, 5.41) is 15.9. The molecule has 0 amide bonds. The first-order chi connectivity index (χ1) is 14.3. The predicted molar refractivity (Wildman–Crippen MR) is 106 cm³/mol. The third kappa shape index (κ3) is 3.74. The maximum Gasteiger partial charge on any atom is 0.419 e. The van der Waals surface area contributed by atoms with Crippen molar-refractivity contribution in [3.8, 4) is 23.1 Å². The summed E-state index contributed by atoms with van der Waals surface area (Å²) in [5.74, 6) is 0.251. The van der Waals surface area contributed by atoms with E-state index < -0.39 is 11.7 Å². The average molecular weight is 418 g/mol. The van der Waals surface area contributed by atoms with Crippen molar-refractivity contribution in [3.63, 3.8) is 0 Å². The number of aromatic nitrogens is 1. The van der Waals surface area contributed by atoms with E-state index >= 15 is 0 Å². The number of anilines is 2. The van der Waals surface area contributed by atoms with Crippen LogP contribution in [0, 0.1) is 17.2 Å². The van der Waals surface area contributed by atoms with Crippen LogP contribution in [0.5, 0.6) is 5.75 Å². The van der Waals surface area contributed by atoms with E-state index in [1.165, 1.54) is 12.1 Å². The number of fused-ring (bicyclic) bond motifs is 1. The molecule has 1 aromatic heterocycles. The molecule has 3 heterocycles. The standard InChI is InChI=1S/C20H21F3N6O/c1-28-17-8-15(26-16(9-24)19(17)29(2)27-28)13-3-4-18(14(7-13)20(21,22)23)30-6-5-12-10-25-11-12/h3-4,7-8,12,25,27H,5-6,10-11H2,1-2H3. The molecule has 1 saturated heterocycles. The molecule has 0 saturated carbocycles. The highest BCUT2D eigenvalue weighted by atomic mass is 19.4. The highest BCUT2D eigenvalue weighted by Crippen LogP contribution is 2.41. The minimum absolute atomic E-state index is 0.129. The second-order valence-corrected chi connectivity index (χ2v) is 7.42. The lowest BCUT2D eigenvalue weighted by Crippen LogP contribution is -2.42. The van der Waals surface area contributed by atoms with Gasteiger partial charge in [-0.15, -0.1) is 5.53 Å². The quantitative estimate of drug-likeness (QED) is 0.773. The van der Waals surface area contributed by atoms with Crippen LogP contribution in [0.4, 0.5) is 24.5 Å². The van der Waals surface area contributed by atoms with Gasteiger partial charge in [0.05, 0.1) is 23.6 Å². The molecule has 0 spiro atoms. The maximum atomic E-state index is 13.7. The number of halogens is 3. The molecule has 7 nitrogen and oxygen atoms in total. The zero-order valence-corrected chi connectivity index (χ0v) is 16.5. The average Bonchev–Trinajstić information content (AvgIpc) is 2.96. The summed E-state index contributed by atoms with van der Waals surface area (Å²) >= 11 is 0. The van der Waals surface area contributed by atoms with E-state index in [1.54, 1.807) is 30.2 Å². The van der Waals surface area contributed by atoms with Crippen molar-refractivity contribution in [2.45, 2.75) is 12.6 Å². The summed E-state index contributed by atoms with van der Waals surface area (Å²) in [6, 6.07) is 7.58. The van der Waals surface area contributed by atoms with Gasteiger partial charge in [-0.1, -0.05) is 0 Å². The lowest BCUT2D eigenvalue weighted by atomic mass is 10.0. The topological polar surface area (TPSA) is 76.4 Å². The monoisotopic (exact) mass is 418 g/mol. The Kier molecular flexibility index (Phi) is 5.17. The summed E-state index contributed by atoms with van der Waals surface area (Å²) in [5.41, 5.74) is 4.05. The first-order valence-corrected chi connectivity index (χ1v) is 9.52. The van der Waals surface area contributed by atoms with Crippen LogP contribution in [0.1, 0.15) is 17.7 Å². The van der Waals surface area contributed by atoms with Gasteiger partial charge in [0.1, 0.15) is 17.5 Å². The highest BCUT2D eigenvalue weighted by Gasteiger charge is 2.35. The van der Waals surface area contributed by atoms with E-state index in [1.807, 2.05) is 6.07 Å². The number of alkyl halides is 3. The molecule has 0 radical (unpaired) electrons. The number of nitriles is 1. The van der Waals surface area contributed by atoms with Crippen LogP contribution in [0.15, 0.2) is 24.3 Å². The minimum Gasteiger partial charge on any atom is -0.493 e. The molecule has 0 aliphatic carbocycles.